The molecular weight excluding hydrogens is 322 g/mol. The SMILES string of the molecule is Cc1cc(C)c2sc(NC(=O)c3ccc(OC(C)C)cc3)nc2n1. The lowest BCUT2D eigenvalue weighted by Crippen LogP contribution is -2.12. The Kier molecular flexibility index (Phi) is 4.49. The van der Waals surface area contributed by atoms with Crippen molar-refractivity contribution < 1.29 is 9.53 Å². The van der Waals surface area contributed by atoms with Gasteiger partial charge in [0.1, 0.15) is 5.75 Å². The van der Waals surface area contributed by atoms with Gasteiger partial charge in [-0.25, -0.2) is 4.98 Å². The molecule has 0 saturated carbocycles. The van der Waals surface area contributed by atoms with Crippen LogP contribution in [0, 0.1) is 13.8 Å². The van der Waals surface area contributed by atoms with E-state index in [1.807, 2.05) is 33.8 Å². The number of carbonyl (C=O) groups is 1. The number of nitrogens with zero attached hydrogens (tertiary/aromatic N) is 2. The van der Waals surface area contributed by atoms with Crippen molar-refractivity contribution in [1.82, 2.24) is 9.97 Å². The van der Waals surface area contributed by atoms with Crippen LogP contribution in [-0.2, 0) is 0 Å². The molecule has 0 bridgehead atoms. The van der Waals surface area contributed by atoms with Gasteiger partial charge in [0.15, 0.2) is 10.8 Å². The van der Waals surface area contributed by atoms with Crippen molar-refractivity contribution >= 4 is 32.7 Å². The number of hydrogen-bond acceptors (Lipinski definition) is 5. The van der Waals surface area contributed by atoms with Crippen molar-refractivity contribution in [3.8, 4) is 5.75 Å². The van der Waals surface area contributed by atoms with Gasteiger partial charge in [-0.3, -0.25) is 10.1 Å². The second-order valence-electron chi connectivity index (χ2n) is 5.90. The van der Waals surface area contributed by atoms with Gasteiger partial charge < -0.3 is 4.74 Å². The molecule has 3 aromatic rings. The molecule has 5 nitrogen and oxygen atoms in total. The normalized spacial score (nSPS) is 11.0. The van der Waals surface area contributed by atoms with Crippen LogP contribution in [0.15, 0.2) is 30.3 Å². The van der Waals surface area contributed by atoms with E-state index in [2.05, 4.69) is 15.3 Å². The molecule has 6 heteroatoms. The molecule has 0 atom stereocenters. The van der Waals surface area contributed by atoms with Crippen LogP contribution in [0.3, 0.4) is 0 Å². The molecule has 2 aromatic heterocycles. The van der Waals surface area contributed by atoms with Crippen LogP contribution < -0.4 is 10.1 Å². The topological polar surface area (TPSA) is 64.1 Å². The molecule has 2 heterocycles. The molecule has 1 aromatic carbocycles. The van der Waals surface area contributed by atoms with E-state index in [0.29, 0.717) is 16.3 Å². The summed E-state index contributed by atoms with van der Waals surface area (Å²) in [6.45, 7) is 7.88. The van der Waals surface area contributed by atoms with E-state index in [0.717, 1.165) is 21.7 Å². The minimum Gasteiger partial charge on any atom is -0.491 e. The molecule has 0 spiro atoms. The van der Waals surface area contributed by atoms with Crippen LogP contribution in [0.1, 0.15) is 35.5 Å². The highest BCUT2D eigenvalue weighted by molar-refractivity contribution is 7.22. The number of pyridine rings is 1. The molecule has 1 amide bonds. The largest absolute Gasteiger partial charge is 0.491 e. The van der Waals surface area contributed by atoms with Gasteiger partial charge in [-0.2, -0.15) is 4.98 Å². The van der Waals surface area contributed by atoms with Crippen LogP contribution >= 0.6 is 11.3 Å². The van der Waals surface area contributed by atoms with E-state index in [9.17, 15) is 4.79 Å². The summed E-state index contributed by atoms with van der Waals surface area (Å²) in [6, 6.07) is 9.09. The standard InChI is InChI=1S/C18H19N3O2S/c1-10(2)23-14-7-5-13(6-8-14)17(22)21-18-20-16-15(24-18)11(3)9-12(4)19-16/h5-10H,1-4H3,(H,19,20,21,22). The molecular formula is C18H19N3O2S. The van der Waals surface area contributed by atoms with Crippen LogP contribution in [0.4, 0.5) is 5.13 Å². The lowest BCUT2D eigenvalue weighted by atomic mass is 10.2. The predicted octanol–water partition coefficient (Wildman–Crippen LogP) is 4.35. The Morgan fingerprint density at radius 3 is 2.54 bits per heavy atom. The zero-order chi connectivity index (χ0) is 17.3. The molecule has 24 heavy (non-hydrogen) atoms. The van der Waals surface area contributed by atoms with E-state index in [-0.39, 0.29) is 12.0 Å². The van der Waals surface area contributed by atoms with Crippen LogP contribution in [0.2, 0.25) is 0 Å². The number of anilines is 1. The zero-order valence-electron chi connectivity index (χ0n) is 14.1. The number of thiazole rings is 1. The van der Waals surface area contributed by atoms with Gasteiger partial charge in [0.2, 0.25) is 0 Å². The lowest BCUT2D eigenvalue weighted by molar-refractivity contribution is 0.102. The molecule has 0 aliphatic carbocycles. The number of hydrogen-bond donors (Lipinski definition) is 1. The van der Waals surface area contributed by atoms with Crippen molar-refractivity contribution in [1.29, 1.82) is 0 Å². The second-order valence-corrected chi connectivity index (χ2v) is 6.90. The maximum atomic E-state index is 12.4. The number of ether oxygens (including phenoxy) is 1. The number of carbonyl (C=O) groups excluding carboxylic acids is 1. The number of nitrogens with one attached hydrogen (secondary N) is 1. The summed E-state index contributed by atoms with van der Waals surface area (Å²) in [5.74, 6) is 0.552. The van der Waals surface area contributed by atoms with E-state index in [4.69, 9.17) is 4.74 Å². The summed E-state index contributed by atoms with van der Waals surface area (Å²) in [5.41, 5.74) is 3.27. The van der Waals surface area contributed by atoms with Gasteiger partial charge in [0, 0.05) is 11.3 Å². The highest BCUT2D eigenvalue weighted by atomic mass is 32.1. The van der Waals surface area contributed by atoms with Gasteiger partial charge in [-0.15, -0.1) is 0 Å². The maximum Gasteiger partial charge on any atom is 0.257 e. The average molecular weight is 341 g/mol. The Hall–Kier alpha value is -2.47. The summed E-state index contributed by atoms with van der Waals surface area (Å²) in [5, 5.41) is 3.40. The summed E-state index contributed by atoms with van der Waals surface area (Å²) < 4.78 is 6.58. The number of amides is 1. The quantitative estimate of drug-likeness (QED) is 0.766. The molecule has 0 radical (unpaired) electrons. The maximum absolute atomic E-state index is 12.4. The van der Waals surface area contributed by atoms with Gasteiger partial charge in [-0.1, -0.05) is 11.3 Å². The average Bonchev–Trinajstić information content (AvgIpc) is 2.90. The Morgan fingerprint density at radius 1 is 1.17 bits per heavy atom. The molecule has 3 rings (SSSR count). The van der Waals surface area contributed by atoms with Crippen molar-refractivity contribution in [2.45, 2.75) is 33.8 Å². The van der Waals surface area contributed by atoms with E-state index < -0.39 is 0 Å². The highest BCUT2D eigenvalue weighted by Crippen LogP contribution is 2.28. The first-order chi connectivity index (χ1) is 11.4. The number of aryl methyl sites for hydroxylation is 2. The summed E-state index contributed by atoms with van der Waals surface area (Å²) in [4.78, 5) is 21.2. The van der Waals surface area contributed by atoms with Crippen molar-refractivity contribution in [2.24, 2.45) is 0 Å². The molecule has 0 saturated heterocycles. The lowest BCUT2D eigenvalue weighted by Gasteiger charge is -2.09. The first kappa shape index (κ1) is 16.4. The monoisotopic (exact) mass is 341 g/mol. The Balaban J connectivity index is 1.78. The van der Waals surface area contributed by atoms with Gasteiger partial charge in [0.05, 0.1) is 10.8 Å². The Morgan fingerprint density at radius 2 is 1.88 bits per heavy atom. The summed E-state index contributed by atoms with van der Waals surface area (Å²) >= 11 is 1.44. The Labute approximate surface area is 144 Å². The smallest absolute Gasteiger partial charge is 0.257 e. The fraction of sp³-hybridized carbons (Fsp3) is 0.278. The molecule has 0 unspecified atom stereocenters. The van der Waals surface area contributed by atoms with Crippen LogP contribution in [0.5, 0.6) is 5.75 Å². The van der Waals surface area contributed by atoms with E-state index in [1.54, 1.807) is 24.3 Å². The number of benzene rings is 1. The number of aromatic nitrogens is 2. The third-order valence-electron chi connectivity index (χ3n) is 3.38. The van der Waals surface area contributed by atoms with Gasteiger partial charge in [0.25, 0.3) is 5.91 Å². The number of fused-ring (bicyclic) bond motifs is 1. The van der Waals surface area contributed by atoms with Crippen molar-refractivity contribution in [3.05, 3.63) is 47.2 Å². The fourth-order valence-corrected chi connectivity index (χ4v) is 3.27. The molecule has 0 fully saturated rings. The number of rotatable bonds is 4. The van der Waals surface area contributed by atoms with E-state index in [1.165, 1.54) is 11.3 Å². The van der Waals surface area contributed by atoms with Crippen LogP contribution in [0.25, 0.3) is 10.3 Å². The van der Waals surface area contributed by atoms with Crippen LogP contribution in [-0.4, -0.2) is 22.0 Å². The first-order valence-electron chi connectivity index (χ1n) is 7.75. The summed E-state index contributed by atoms with van der Waals surface area (Å²) in [7, 11) is 0. The minimum absolute atomic E-state index is 0.103. The zero-order valence-corrected chi connectivity index (χ0v) is 14.9. The van der Waals surface area contributed by atoms with Gasteiger partial charge in [-0.05, 0) is 63.6 Å². The summed E-state index contributed by atoms with van der Waals surface area (Å²) in [6.07, 6.45) is 0.103. The molecule has 0 aliphatic heterocycles. The molecule has 124 valence electrons. The Bertz CT molecular complexity index is 885. The second kappa shape index (κ2) is 6.57. The third kappa shape index (κ3) is 3.54. The third-order valence-corrected chi connectivity index (χ3v) is 4.48. The predicted molar refractivity (Wildman–Crippen MR) is 97.0 cm³/mol. The van der Waals surface area contributed by atoms with E-state index >= 15 is 0 Å². The first-order valence-corrected chi connectivity index (χ1v) is 8.57. The molecule has 1 N–H and O–H groups in total. The minimum atomic E-state index is -0.195. The fourth-order valence-electron chi connectivity index (χ4n) is 2.40. The van der Waals surface area contributed by atoms with Gasteiger partial charge >= 0.3 is 0 Å². The molecule has 0 aliphatic rings. The highest BCUT2D eigenvalue weighted by Gasteiger charge is 2.12. The van der Waals surface area contributed by atoms with Crippen molar-refractivity contribution in [2.75, 3.05) is 5.32 Å². The van der Waals surface area contributed by atoms with Crippen molar-refractivity contribution in [3.63, 3.8) is 0 Å².